The SMILES string of the molecule is Cn1cc(-c2noc(C3(CN)CCCCCC3)n2)cn1. The first-order valence-electron chi connectivity index (χ1n) is 7.27. The molecular formula is C14H21N5O. The van der Waals surface area contributed by atoms with Gasteiger partial charge in [0.05, 0.1) is 17.2 Å². The molecule has 6 heteroatoms. The molecule has 2 N–H and O–H groups in total. The Morgan fingerprint density at radius 1 is 1.30 bits per heavy atom. The molecular weight excluding hydrogens is 254 g/mol. The fourth-order valence-corrected chi connectivity index (χ4v) is 3.00. The quantitative estimate of drug-likeness (QED) is 0.866. The number of aryl methyl sites for hydroxylation is 1. The number of hydrogen-bond acceptors (Lipinski definition) is 5. The van der Waals surface area contributed by atoms with Gasteiger partial charge in [-0.25, -0.2) is 0 Å². The van der Waals surface area contributed by atoms with Gasteiger partial charge in [0.1, 0.15) is 0 Å². The summed E-state index contributed by atoms with van der Waals surface area (Å²) in [6, 6.07) is 0. The first-order valence-corrected chi connectivity index (χ1v) is 7.27. The molecule has 1 aliphatic carbocycles. The minimum absolute atomic E-state index is 0.135. The second kappa shape index (κ2) is 5.36. The normalized spacial score (nSPS) is 18.9. The van der Waals surface area contributed by atoms with Gasteiger partial charge in [-0.2, -0.15) is 10.1 Å². The topological polar surface area (TPSA) is 82.8 Å². The molecule has 2 aromatic rings. The molecule has 2 heterocycles. The van der Waals surface area contributed by atoms with E-state index < -0.39 is 0 Å². The van der Waals surface area contributed by atoms with E-state index in [0.29, 0.717) is 18.3 Å². The van der Waals surface area contributed by atoms with Gasteiger partial charge in [-0.15, -0.1) is 0 Å². The fraction of sp³-hybridized carbons (Fsp3) is 0.643. The van der Waals surface area contributed by atoms with E-state index in [2.05, 4.69) is 15.2 Å². The molecule has 1 aliphatic rings. The summed E-state index contributed by atoms with van der Waals surface area (Å²) in [6.45, 7) is 0.571. The number of hydrogen-bond donors (Lipinski definition) is 1. The minimum Gasteiger partial charge on any atom is -0.338 e. The number of aromatic nitrogens is 4. The number of nitrogens with zero attached hydrogens (tertiary/aromatic N) is 4. The summed E-state index contributed by atoms with van der Waals surface area (Å²) in [6.07, 6.45) is 10.6. The van der Waals surface area contributed by atoms with Crippen molar-refractivity contribution in [2.24, 2.45) is 12.8 Å². The predicted molar refractivity (Wildman–Crippen MR) is 74.9 cm³/mol. The van der Waals surface area contributed by atoms with Gasteiger partial charge in [0.25, 0.3) is 0 Å². The van der Waals surface area contributed by atoms with Gasteiger partial charge in [-0.3, -0.25) is 4.68 Å². The molecule has 0 spiro atoms. The van der Waals surface area contributed by atoms with E-state index in [1.807, 2.05) is 13.2 Å². The zero-order valence-electron chi connectivity index (χ0n) is 11.9. The van der Waals surface area contributed by atoms with Gasteiger partial charge in [-0.05, 0) is 12.8 Å². The fourth-order valence-electron chi connectivity index (χ4n) is 3.00. The lowest BCUT2D eigenvalue weighted by Gasteiger charge is -2.26. The maximum absolute atomic E-state index is 6.05. The standard InChI is InChI=1S/C14H21N5O/c1-19-9-11(8-16-19)12-17-13(20-18-12)14(10-15)6-4-2-3-5-7-14/h8-9H,2-7,10,15H2,1H3. The van der Waals surface area contributed by atoms with E-state index in [1.165, 1.54) is 25.7 Å². The van der Waals surface area contributed by atoms with Crippen LogP contribution in [0.2, 0.25) is 0 Å². The van der Waals surface area contributed by atoms with Crippen LogP contribution in [0.5, 0.6) is 0 Å². The molecule has 1 fully saturated rings. The Morgan fingerprint density at radius 3 is 2.65 bits per heavy atom. The van der Waals surface area contributed by atoms with Gasteiger partial charge < -0.3 is 10.3 Å². The third-order valence-corrected chi connectivity index (χ3v) is 4.29. The summed E-state index contributed by atoms with van der Waals surface area (Å²) in [7, 11) is 1.87. The molecule has 0 radical (unpaired) electrons. The smallest absolute Gasteiger partial charge is 0.234 e. The Labute approximate surface area is 118 Å². The lowest BCUT2D eigenvalue weighted by Crippen LogP contribution is -2.35. The van der Waals surface area contributed by atoms with Crippen LogP contribution in [0.3, 0.4) is 0 Å². The van der Waals surface area contributed by atoms with Crippen molar-refractivity contribution in [1.29, 1.82) is 0 Å². The molecule has 3 rings (SSSR count). The molecule has 108 valence electrons. The summed E-state index contributed by atoms with van der Waals surface area (Å²) in [5.41, 5.74) is 6.79. The zero-order valence-corrected chi connectivity index (χ0v) is 11.9. The highest BCUT2D eigenvalue weighted by atomic mass is 16.5. The van der Waals surface area contributed by atoms with Crippen LogP contribution in [-0.2, 0) is 12.5 Å². The summed E-state index contributed by atoms with van der Waals surface area (Å²) in [5.74, 6) is 1.30. The van der Waals surface area contributed by atoms with Gasteiger partial charge in [-0.1, -0.05) is 30.8 Å². The second-order valence-corrected chi connectivity index (χ2v) is 5.72. The van der Waals surface area contributed by atoms with Crippen LogP contribution in [0, 0.1) is 0 Å². The van der Waals surface area contributed by atoms with Crippen LogP contribution < -0.4 is 5.73 Å². The van der Waals surface area contributed by atoms with Crippen molar-refractivity contribution in [2.45, 2.75) is 43.9 Å². The van der Waals surface area contributed by atoms with Crippen LogP contribution in [0.15, 0.2) is 16.9 Å². The molecule has 1 saturated carbocycles. The van der Waals surface area contributed by atoms with Crippen LogP contribution in [0.1, 0.15) is 44.4 Å². The van der Waals surface area contributed by atoms with E-state index in [4.69, 9.17) is 10.3 Å². The van der Waals surface area contributed by atoms with Crippen molar-refractivity contribution in [3.63, 3.8) is 0 Å². The molecule has 20 heavy (non-hydrogen) atoms. The molecule has 0 aliphatic heterocycles. The van der Waals surface area contributed by atoms with Crippen molar-refractivity contribution in [2.75, 3.05) is 6.54 Å². The van der Waals surface area contributed by atoms with E-state index in [0.717, 1.165) is 18.4 Å². The molecule has 0 aromatic carbocycles. The molecule has 0 atom stereocenters. The first kappa shape index (κ1) is 13.3. The third-order valence-electron chi connectivity index (χ3n) is 4.29. The molecule has 0 unspecified atom stereocenters. The molecule has 0 saturated heterocycles. The molecule has 2 aromatic heterocycles. The Bertz CT molecular complexity index is 566. The lowest BCUT2D eigenvalue weighted by atomic mass is 9.80. The minimum atomic E-state index is -0.135. The summed E-state index contributed by atoms with van der Waals surface area (Å²) in [5, 5.41) is 8.24. The van der Waals surface area contributed by atoms with Crippen LogP contribution in [0.4, 0.5) is 0 Å². The van der Waals surface area contributed by atoms with Crippen molar-refractivity contribution in [3.8, 4) is 11.4 Å². The highest BCUT2D eigenvalue weighted by Gasteiger charge is 2.37. The summed E-state index contributed by atoms with van der Waals surface area (Å²) < 4.78 is 7.27. The van der Waals surface area contributed by atoms with E-state index in [9.17, 15) is 0 Å². The maximum atomic E-state index is 6.05. The third kappa shape index (κ3) is 2.35. The Hall–Kier alpha value is -1.69. The summed E-state index contributed by atoms with van der Waals surface area (Å²) in [4.78, 5) is 4.59. The van der Waals surface area contributed by atoms with Gasteiger partial charge in [0, 0.05) is 19.8 Å². The monoisotopic (exact) mass is 275 g/mol. The second-order valence-electron chi connectivity index (χ2n) is 5.72. The Morgan fingerprint density at radius 2 is 2.05 bits per heavy atom. The van der Waals surface area contributed by atoms with Crippen LogP contribution in [-0.4, -0.2) is 26.5 Å². The first-order chi connectivity index (χ1) is 9.73. The lowest BCUT2D eigenvalue weighted by molar-refractivity contribution is 0.257. The maximum Gasteiger partial charge on any atom is 0.234 e. The largest absolute Gasteiger partial charge is 0.338 e. The van der Waals surface area contributed by atoms with Crippen molar-refractivity contribution in [1.82, 2.24) is 19.9 Å². The van der Waals surface area contributed by atoms with E-state index in [1.54, 1.807) is 10.9 Å². The van der Waals surface area contributed by atoms with Crippen molar-refractivity contribution in [3.05, 3.63) is 18.3 Å². The zero-order chi connectivity index (χ0) is 14.0. The van der Waals surface area contributed by atoms with Gasteiger partial charge >= 0.3 is 0 Å². The Balaban J connectivity index is 1.91. The average Bonchev–Trinajstić information content (AvgIpc) is 3.03. The highest BCUT2D eigenvalue weighted by Crippen LogP contribution is 2.37. The average molecular weight is 275 g/mol. The highest BCUT2D eigenvalue weighted by molar-refractivity contribution is 5.51. The summed E-state index contributed by atoms with van der Waals surface area (Å²) >= 11 is 0. The predicted octanol–water partition coefficient (Wildman–Crippen LogP) is 2.02. The Kier molecular flexibility index (Phi) is 3.56. The van der Waals surface area contributed by atoms with E-state index in [-0.39, 0.29) is 5.41 Å². The molecule has 6 nitrogen and oxygen atoms in total. The number of rotatable bonds is 3. The van der Waals surface area contributed by atoms with Crippen molar-refractivity contribution < 1.29 is 4.52 Å². The van der Waals surface area contributed by atoms with Crippen molar-refractivity contribution >= 4 is 0 Å². The van der Waals surface area contributed by atoms with Gasteiger partial charge in [0.2, 0.25) is 11.7 Å². The van der Waals surface area contributed by atoms with Crippen LogP contribution >= 0.6 is 0 Å². The van der Waals surface area contributed by atoms with E-state index >= 15 is 0 Å². The van der Waals surface area contributed by atoms with Crippen LogP contribution in [0.25, 0.3) is 11.4 Å². The van der Waals surface area contributed by atoms with Gasteiger partial charge in [0.15, 0.2) is 0 Å². The number of nitrogens with two attached hydrogens (primary N) is 1. The molecule has 0 amide bonds. The molecule has 0 bridgehead atoms.